The standard InChI is InChI=1S/C14H11BrF3N/c1-19-7-9-6-8(2-4-11(9)16)13-12(17)5-3-10(15)14(13)18/h2-6,19H,7H2,1H3. The largest absolute Gasteiger partial charge is 0.316 e. The second kappa shape index (κ2) is 5.75. The van der Waals surface area contributed by atoms with Gasteiger partial charge in [-0.1, -0.05) is 6.07 Å². The van der Waals surface area contributed by atoms with Gasteiger partial charge < -0.3 is 5.32 Å². The van der Waals surface area contributed by atoms with Crippen LogP contribution in [0, 0.1) is 17.5 Å². The minimum absolute atomic E-state index is 0.160. The summed E-state index contributed by atoms with van der Waals surface area (Å²) in [6.45, 7) is 0.289. The Balaban J connectivity index is 2.59. The van der Waals surface area contributed by atoms with Gasteiger partial charge in [-0.15, -0.1) is 0 Å². The summed E-state index contributed by atoms with van der Waals surface area (Å²) in [7, 11) is 1.67. The Morgan fingerprint density at radius 2 is 1.74 bits per heavy atom. The quantitative estimate of drug-likeness (QED) is 0.830. The van der Waals surface area contributed by atoms with Crippen LogP contribution in [-0.4, -0.2) is 7.05 Å². The molecule has 0 atom stereocenters. The third-order valence-corrected chi connectivity index (χ3v) is 3.36. The maximum Gasteiger partial charge on any atom is 0.148 e. The SMILES string of the molecule is CNCc1cc(-c2c(F)ccc(Br)c2F)ccc1F. The van der Waals surface area contributed by atoms with E-state index >= 15 is 0 Å². The summed E-state index contributed by atoms with van der Waals surface area (Å²) in [5.41, 5.74) is 0.508. The van der Waals surface area contributed by atoms with Crippen molar-refractivity contribution < 1.29 is 13.2 Å². The first-order valence-corrected chi connectivity index (χ1v) is 6.40. The molecule has 0 unspecified atom stereocenters. The van der Waals surface area contributed by atoms with E-state index in [0.717, 1.165) is 0 Å². The van der Waals surface area contributed by atoms with Gasteiger partial charge in [-0.3, -0.25) is 0 Å². The van der Waals surface area contributed by atoms with E-state index in [0.29, 0.717) is 11.1 Å². The summed E-state index contributed by atoms with van der Waals surface area (Å²) in [6, 6.07) is 6.49. The maximum atomic E-state index is 14.0. The lowest BCUT2D eigenvalue weighted by Crippen LogP contribution is -2.07. The Hall–Kier alpha value is -1.33. The van der Waals surface area contributed by atoms with E-state index in [1.807, 2.05) is 0 Å². The molecule has 0 aliphatic rings. The van der Waals surface area contributed by atoms with Crippen LogP contribution in [0.4, 0.5) is 13.2 Å². The number of hydrogen-bond donors (Lipinski definition) is 1. The van der Waals surface area contributed by atoms with E-state index < -0.39 is 17.5 Å². The van der Waals surface area contributed by atoms with Crippen molar-refractivity contribution in [3.63, 3.8) is 0 Å². The molecule has 0 bridgehead atoms. The Morgan fingerprint density at radius 1 is 1.05 bits per heavy atom. The van der Waals surface area contributed by atoms with Crippen LogP contribution in [-0.2, 0) is 6.54 Å². The fraction of sp³-hybridized carbons (Fsp3) is 0.143. The van der Waals surface area contributed by atoms with Crippen LogP contribution < -0.4 is 5.32 Å². The fourth-order valence-corrected chi connectivity index (χ4v) is 2.18. The molecule has 1 N–H and O–H groups in total. The predicted molar refractivity (Wildman–Crippen MR) is 72.2 cm³/mol. The monoisotopic (exact) mass is 329 g/mol. The summed E-state index contributed by atoms with van der Waals surface area (Å²) in [5.74, 6) is -1.78. The first kappa shape index (κ1) is 14.1. The van der Waals surface area contributed by atoms with Crippen LogP contribution in [0.15, 0.2) is 34.8 Å². The Bertz CT molecular complexity index is 614. The average molecular weight is 330 g/mol. The predicted octanol–water partition coefficient (Wildman–Crippen LogP) is 4.25. The number of nitrogens with one attached hydrogen (secondary N) is 1. The van der Waals surface area contributed by atoms with Crippen LogP contribution >= 0.6 is 15.9 Å². The number of halogens is 4. The van der Waals surface area contributed by atoms with Gasteiger partial charge in [-0.05, 0) is 52.8 Å². The summed E-state index contributed by atoms with van der Waals surface area (Å²) in [6.07, 6.45) is 0. The molecule has 0 amide bonds. The van der Waals surface area contributed by atoms with Crippen LogP contribution in [0.3, 0.4) is 0 Å². The van der Waals surface area contributed by atoms with E-state index in [9.17, 15) is 13.2 Å². The molecule has 2 aromatic carbocycles. The van der Waals surface area contributed by atoms with Gasteiger partial charge >= 0.3 is 0 Å². The highest BCUT2D eigenvalue weighted by Gasteiger charge is 2.15. The molecule has 2 rings (SSSR count). The van der Waals surface area contributed by atoms with Gasteiger partial charge in [0, 0.05) is 12.1 Å². The van der Waals surface area contributed by atoms with Gasteiger partial charge in [0.05, 0.1) is 10.0 Å². The normalized spacial score (nSPS) is 10.8. The van der Waals surface area contributed by atoms with Gasteiger partial charge in [0.2, 0.25) is 0 Å². The Kier molecular flexibility index (Phi) is 4.27. The van der Waals surface area contributed by atoms with Crippen LogP contribution in [0.2, 0.25) is 0 Å². The number of hydrogen-bond acceptors (Lipinski definition) is 1. The first-order valence-electron chi connectivity index (χ1n) is 5.61. The fourth-order valence-electron chi connectivity index (χ4n) is 1.85. The second-order valence-electron chi connectivity index (χ2n) is 4.05. The molecule has 5 heteroatoms. The summed E-state index contributed by atoms with van der Waals surface area (Å²) < 4.78 is 41.4. The van der Waals surface area contributed by atoms with E-state index in [1.54, 1.807) is 7.05 Å². The van der Waals surface area contributed by atoms with Crippen molar-refractivity contribution in [3.8, 4) is 11.1 Å². The lowest BCUT2D eigenvalue weighted by Gasteiger charge is -2.09. The second-order valence-corrected chi connectivity index (χ2v) is 4.91. The Morgan fingerprint density at radius 3 is 2.42 bits per heavy atom. The van der Waals surface area contributed by atoms with Crippen LogP contribution in [0.25, 0.3) is 11.1 Å². The molecule has 1 nitrogen and oxygen atoms in total. The molecule has 19 heavy (non-hydrogen) atoms. The molecule has 0 aromatic heterocycles. The summed E-state index contributed by atoms with van der Waals surface area (Å²) in [4.78, 5) is 0. The molecular formula is C14H11BrF3N. The van der Waals surface area contributed by atoms with E-state index in [1.165, 1.54) is 30.3 Å². The highest BCUT2D eigenvalue weighted by Crippen LogP contribution is 2.31. The minimum Gasteiger partial charge on any atom is -0.316 e. The highest BCUT2D eigenvalue weighted by molar-refractivity contribution is 9.10. The molecule has 0 saturated carbocycles. The molecule has 2 aromatic rings. The molecule has 0 aliphatic carbocycles. The summed E-state index contributed by atoms with van der Waals surface area (Å²) in [5, 5.41) is 2.81. The number of rotatable bonds is 3. The molecule has 0 aliphatic heterocycles. The van der Waals surface area contributed by atoms with Crippen LogP contribution in [0.5, 0.6) is 0 Å². The van der Waals surface area contributed by atoms with E-state index in [-0.39, 0.29) is 16.6 Å². The van der Waals surface area contributed by atoms with Crippen LogP contribution in [0.1, 0.15) is 5.56 Å². The van der Waals surface area contributed by atoms with Gasteiger partial charge in [0.25, 0.3) is 0 Å². The zero-order valence-electron chi connectivity index (χ0n) is 10.1. The molecule has 0 fully saturated rings. The first-order chi connectivity index (χ1) is 9.04. The zero-order chi connectivity index (χ0) is 14.0. The lowest BCUT2D eigenvalue weighted by atomic mass is 10.0. The molecule has 0 heterocycles. The van der Waals surface area contributed by atoms with Crippen molar-refractivity contribution in [1.29, 1.82) is 0 Å². The minimum atomic E-state index is -0.693. The van der Waals surface area contributed by atoms with E-state index in [2.05, 4.69) is 21.2 Å². The topological polar surface area (TPSA) is 12.0 Å². The third kappa shape index (κ3) is 2.82. The van der Waals surface area contributed by atoms with Gasteiger partial charge in [-0.2, -0.15) is 0 Å². The molecule has 100 valence electrons. The van der Waals surface area contributed by atoms with Gasteiger partial charge in [0.15, 0.2) is 0 Å². The maximum absolute atomic E-state index is 14.0. The molecule has 0 spiro atoms. The Labute approximate surface area is 117 Å². The van der Waals surface area contributed by atoms with Crippen molar-refractivity contribution in [2.45, 2.75) is 6.54 Å². The van der Waals surface area contributed by atoms with Crippen molar-refractivity contribution in [2.75, 3.05) is 7.05 Å². The third-order valence-electron chi connectivity index (χ3n) is 2.75. The average Bonchev–Trinajstić information content (AvgIpc) is 2.38. The van der Waals surface area contributed by atoms with Crippen molar-refractivity contribution >= 4 is 15.9 Å². The van der Waals surface area contributed by atoms with Crippen molar-refractivity contribution in [1.82, 2.24) is 5.32 Å². The van der Waals surface area contributed by atoms with Crippen molar-refractivity contribution in [3.05, 3.63) is 57.8 Å². The summed E-state index contributed by atoms with van der Waals surface area (Å²) >= 11 is 3.01. The smallest absolute Gasteiger partial charge is 0.148 e. The highest BCUT2D eigenvalue weighted by atomic mass is 79.9. The molecule has 0 saturated heterocycles. The number of benzene rings is 2. The van der Waals surface area contributed by atoms with Crippen molar-refractivity contribution in [2.24, 2.45) is 0 Å². The van der Waals surface area contributed by atoms with Gasteiger partial charge in [-0.25, -0.2) is 13.2 Å². The van der Waals surface area contributed by atoms with Gasteiger partial charge in [0.1, 0.15) is 17.5 Å². The zero-order valence-corrected chi connectivity index (χ0v) is 11.7. The van der Waals surface area contributed by atoms with E-state index in [4.69, 9.17) is 0 Å². The molecule has 0 radical (unpaired) electrons. The molecular weight excluding hydrogens is 319 g/mol. The lowest BCUT2D eigenvalue weighted by molar-refractivity contribution is 0.583.